The molecule has 0 bridgehead atoms. The molecule has 2 unspecified atom stereocenters. The maximum Gasteiger partial charge on any atom is 0.161 e. The maximum atomic E-state index is 10.3. The van der Waals surface area contributed by atoms with Gasteiger partial charge >= 0.3 is 0 Å². The van der Waals surface area contributed by atoms with Gasteiger partial charge in [0.2, 0.25) is 0 Å². The molecule has 0 aliphatic carbocycles. The Kier molecular flexibility index (Phi) is 7.60. The number of ether oxygens (including phenoxy) is 4. The van der Waals surface area contributed by atoms with Crippen LogP contribution in [0.15, 0.2) is 54.6 Å². The van der Waals surface area contributed by atoms with E-state index in [1.165, 1.54) is 4.88 Å². The summed E-state index contributed by atoms with van der Waals surface area (Å²) in [4.78, 5) is 2.40. The van der Waals surface area contributed by atoms with Gasteiger partial charge in [-0.25, -0.2) is 0 Å². The van der Waals surface area contributed by atoms with Crippen molar-refractivity contribution in [2.45, 2.75) is 25.4 Å². The first kappa shape index (κ1) is 22.0. The smallest absolute Gasteiger partial charge is 0.161 e. The molecule has 0 saturated carbocycles. The van der Waals surface area contributed by atoms with Crippen molar-refractivity contribution in [3.8, 4) is 23.0 Å². The molecule has 2 atom stereocenters. The molecular weight excluding hydrogens is 400 g/mol. The number of aliphatic hydroxyl groups excluding tert-OH is 1. The number of rotatable bonds is 10. The maximum absolute atomic E-state index is 10.3. The van der Waals surface area contributed by atoms with Crippen LogP contribution in [0.2, 0.25) is 0 Å². The van der Waals surface area contributed by atoms with Crippen LogP contribution in [0.5, 0.6) is 23.0 Å². The van der Waals surface area contributed by atoms with E-state index in [2.05, 4.69) is 19.1 Å². The Bertz CT molecular complexity index is 952. The van der Waals surface area contributed by atoms with Crippen molar-refractivity contribution in [1.82, 2.24) is 0 Å². The first-order valence-electron chi connectivity index (χ1n) is 9.86. The van der Waals surface area contributed by atoms with Crippen LogP contribution >= 0.6 is 11.3 Å². The predicted molar refractivity (Wildman–Crippen MR) is 120 cm³/mol. The fourth-order valence-corrected chi connectivity index (χ4v) is 4.58. The van der Waals surface area contributed by atoms with E-state index in [1.54, 1.807) is 32.7 Å². The second kappa shape index (κ2) is 10.4. The monoisotopic (exact) mass is 428 g/mol. The molecule has 2 aromatic carbocycles. The van der Waals surface area contributed by atoms with Gasteiger partial charge in [0.05, 0.1) is 33.9 Å². The summed E-state index contributed by atoms with van der Waals surface area (Å²) < 4.78 is 22.6. The third-order valence-corrected chi connectivity index (χ3v) is 6.32. The number of aliphatic hydroxyl groups is 1. The highest BCUT2D eigenvalue weighted by Crippen LogP contribution is 2.40. The van der Waals surface area contributed by atoms with Crippen LogP contribution in [-0.2, 0) is 6.42 Å². The van der Waals surface area contributed by atoms with Crippen molar-refractivity contribution in [2.24, 2.45) is 0 Å². The van der Waals surface area contributed by atoms with Gasteiger partial charge in [-0.3, -0.25) is 0 Å². The minimum absolute atomic E-state index is 0.156. The Hall–Kier alpha value is -2.70. The fourth-order valence-electron chi connectivity index (χ4n) is 3.45. The molecule has 0 spiro atoms. The van der Waals surface area contributed by atoms with E-state index in [0.29, 0.717) is 23.0 Å². The predicted octanol–water partition coefficient (Wildman–Crippen LogP) is 4.91. The van der Waals surface area contributed by atoms with E-state index in [0.717, 1.165) is 16.9 Å². The molecule has 3 rings (SSSR count). The van der Waals surface area contributed by atoms with Crippen molar-refractivity contribution in [3.63, 3.8) is 0 Å². The molecule has 0 aliphatic rings. The lowest BCUT2D eigenvalue weighted by Gasteiger charge is -2.27. The number of para-hydroxylation sites is 2. The highest BCUT2D eigenvalue weighted by Gasteiger charge is 2.29. The molecule has 0 radical (unpaired) electrons. The molecule has 1 N–H and O–H groups in total. The van der Waals surface area contributed by atoms with Crippen molar-refractivity contribution in [3.05, 3.63) is 69.9 Å². The van der Waals surface area contributed by atoms with Gasteiger partial charge < -0.3 is 24.1 Å². The van der Waals surface area contributed by atoms with Crippen LogP contribution in [0.1, 0.15) is 28.2 Å². The summed E-state index contributed by atoms with van der Waals surface area (Å²) in [5.74, 6) is 2.33. The SMILES string of the molecule is CCc1ccc(C(c2ccc(OC)c(OC)c2)C(CO)Oc2ccccc2OC)s1. The van der Waals surface area contributed by atoms with Crippen molar-refractivity contribution >= 4 is 11.3 Å². The highest BCUT2D eigenvalue weighted by atomic mass is 32.1. The average molecular weight is 429 g/mol. The Morgan fingerprint density at radius 1 is 0.833 bits per heavy atom. The molecule has 0 aliphatic heterocycles. The Labute approximate surface area is 181 Å². The molecule has 30 heavy (non-hydrogen) atoms. The lowest BCUT2D eigenvalue weighted by molar-refractivity contribution is 0.100. The molecule has 6 heteroatoms. The van der Waals surface area contributed by atoms with Gasteiger partial charge in [-0.2, -0.15) is 0 Å². The molecule has 0 fully saturated rings. The number of thiophene rings is 1. The number of hydrogen-bond acceptors (Lipinski definition) is 6. The summed E-state index contributed by atoms with van der Waals surface area (Å²) in [5, 5.41) is 10.3. The second-order valence-corrected chi connectivity index (χ2v) is 7.94. The first-order valence-corrected chi connectivity index (χ1v) is 10.7. The lowest BCUT2D eigenvalue weighted by Crippen LogP contribution is -2.29. The topological polar surface area (TPSA) is 57.2 Å². The van der Waals surface area contributed by atoms with Gasteiger partial charge in [0, 0.05) is 9.75 Å². The van der Waals surface area contributed by atoms with E-state index in [1.807, 2.05) is 42.5 Å². The zero-order valence-corrected chi connectivity index (χ0v) is 18.6. The van der Waals surface area contributed by atoms with E-state index in [9.17, 15) is 5.11 Å². The van der Waals surface area contributed by atoms with Crippen molar-refractivity contribution in [1.29, 1.82) is 0 Å². The Morgan fingerprint density at radius 3 is 2.10 bits per heavy atom. The lowest BCUT2D eigenvalue weighted by atomic mass is 9.91. The largest absolute Gasteiger partial charge is 0.493 e. The van der Waals surface area contributed by atoms with Gasteiger partial charge in [0.1, 0.15) is 6.10 Å². The number of aryl methyl sites for hydroxylation is 1. The van der Waals surface area contributed by atoms with Crippen molar-refractivity contribution in [2.75, 3.05) is 27.9 Å². The number of hydrogen-bond donors (Lipinski definition) is 1. The number of methoxy groups -OCH3 is 3. The molecule has 0 amide bonds. The second-order valence-electron chi connectivity index (χ2n) is 6.74. The molecule has 5 nitrogen and oxygen atoms in total. The summed E-state index contributed by atoms with van der Waals surface area (Å²) in [6.45, 7) is 1.98. The summed E-state index contributed by atoms with van der Waals surface area (Å²) in [5.41, 5.74) is 0.978. The van der Waals surface area contributed by atoms with E-state index >= 15 is 0 Å². The van der Waals surface area contributed by atoms with Crippen LogP contribution in [0.25, 0.3) is 0 Å². The van der Waals surface area contributed by atoms with Crippen LogP contribution in [0, 0.1) is 0 Å². The molecule has 1 heterocycles. The molecule has 160 valence electrons. The first-order chi connectivity index (χ1) is 14.6. The average Bonchev–Trinajstić information content (AvgIpc) is 3.27. The third kappa shape index (κ3) is 4.71. The standard InChI is InChI=1S/C24H28O5S/c1-5-17-11-13-23(30-17)24(16-10-12-19(27-3)21(14-16)28-4)22(15-25)29-20-9-7-6-8-18(20)26-2/h6-14,22,24-25H,5,15H2,1-4H3. The summed E-state index contributed by atoms with van der Waals surface area (Å²) in [7, 11) is 4.84. The van der Waals surface area contributed by atoms with E-state index in [4.69, 9.17) is 18.9 Å². The van der Waals surface area contributed by atoms with E-state index < -0.39 is 6.10 Å². The van der Waals surface area contributed by atoms with Gasteiger partial charge in [0.15, 0.2) is 23.0 Å². The minimum Gasteiger partial charge on any atom is -0.493 e. The van der Waals surface area contributed by atoms with Crippen LogP contribution in [-0.4, -0.2) is 39.1 Å². The third-order valence-electron chi connectivity index (χ3n) is 5.00. The zero-order chi connectivity index (χ0) is 21.5. The van der Waals surface area contributed by atoms with Crippen LogP contribution in [0.3, 0.4) is 0 Å². The summed E-state index contributed by atoms with van der Waals surface area (Å²) in [6.07, 6.45) is 0.447. The normalized spacial score (nSPS) is 12.8. The quantitative estimate of drug-likeness (QED) is 0.497. The molecule has 0 saturated heterocycles. The number of benzene rings is 2. The Morgan fingerprint density at radius 2 is 1.50 bits per heavy atom. The van der Waals surface area contributed by atoms with Gasteiger partial charge in [-0.15, -0.1) is 11.3 Å². The van der Waals surface area contributed by atoms with Gasteiger partial charge in [0.25, 0.3) is 0 Å². The minimum atomic E-state index is -0.511. The zero-order valence-electron chi connectivity index (χ0n) is 17.8. The summed E-state index contributed by atoms with van der Waals surface area (Å²) in [6, 6.07) is 17.5. The highest BCUT2D eigenvalue weighted by molar-refractivity contribution is 7.12. The Balaban J connectivity index is 2.06. The van der Waals surface area contributed by atoms with Gasteiger partial charge in [-0.1, -0.05) is 25.1 Å². The van der Waals surface area contributed by atoms with Gasteiger partial charge in [-0.05, 0) is 48.4 Å². The van der Waals surface area contributed by atoms with Crippen LogP contribution < -0.4 is 18.9 Å². The van der Waals surface area contributed by atoms with Crippen molar-refractivity contribution < 1.29 is 24.1 Å². The molecule has 3 aromatic rings. The molecule has 1 aromatic heterocycles. The fraction of sp³-hybridized carbons (Fsp3) is 0.333. The van der Waals surface area contributed by atoms with E-state index in [-0.39, 0.29) is 12.5 Å². The molecular formula is C24H28O5S. The summed E-state index contributed by atoms with van der Waals surface area (Å²) >= 11 is 1.73. The van der Waals surface area contributed by atoms with Crippen LogP contribution in [0.4, 0.5) is 0 Å².